The Bertz CT molecular complexity index is 22.8. The van der Waals surface area contributed by atoms with Crippen molar-refractivity contribution in [3.8, 4) is 0 Å². The van der Waals surface area contributed by atoms with E-state index in [2.05, 4.69) is 0 Å². The first-order valence-electron chi connectivity index (χ1n) is 1.25. The Morgan fingerprint density at radius 1 is 1.50 bits per heavy atom. The Balaban J connectivity index is 0. The summed E-state index contributed by atoms with van der Waals surface area (Å²) in [5.74, 6) is 0. The summed E-state index contributed by atoms with van der Waals surface area (Å²) in [7, 11) is 0. The van der Waals surface area contributed by atoms with E-state index in [4.69, 9.17) is 28.9 Å². The Hall–Kier alpha value is 0.830. The van der Waals surface area contributed by atoms with E-state index in [-0.39, 0.29) is 12.4 Å². The van der Waals surface area contributed by atoms with E-state index < -0.39 is 4.84 Å². The van der Waals surface area contributed by atoms with Gasteiger partial charge in [-0.25, -0.2) is 0 Å². The van der Waals surface area contributed by atoms with Crippen molar-refractivity contribution < 1.29 is 0 Å². The Morgan fingerprint density at radius 2 is 1.67 bits per heavy atom. The minimum absolute atomic E-state index is 0. The van der Waals surface area contributed by atoms with Gasteiger partial charge in [0.15, 0.2) is 0 Å². The first-order chi connectivity index (χ1) is 2.27. The molecule has 0 atom stereocenters. The van der Waals surface area contributed by atoms with E-state index >= 15 is 0 Å². The van der Waals surface area contributed by atoms with Gasteiger partial charge < -0.3 is 5.73 Å². The molecule has 0 bridgehead atoms. The molecule has 0 aliphatic carbocycles. The molecule has 0 aliphatic heterocycles. The van der Waals surface area contributed by atoms with Crippen LogP contribution in [0.5, 0.6) is 0 Å². The summed E-state index contributed by atoms with van der Waals surface area (Å²) >= 11 is 10.2. The van der Waals surface area contributed by atoms with Crippen LogP contribution in [0.1, 0.15) is 0 Å². The van der Waals surface area contributed by atoms with Crippen LogP contribution in [-0.2, 0) is 0 Å². The molecule has 0 fully saturated rings. The van der Waals surface area contributed by atoms with Gasteiger partial charge in [0.05, 0.1) is 0 Å². The molecule has 0 heterocycles. The minimum Gasteiger partial charge on any atom is -0.328 e. The lowest BCUT2D eigenvalue weighted by Crippen LogP contribution is -2.06. The molecule has 0 saturated heterocycles. The second-order valence-corrected chi connectivity index (χ2v) is 1.90. The number of nitrogens with two attached hydrogens (primary N) is 1. The van der Waals surface area contributed by atoms with Gasteiger partial charge in [0.25, 0.3) is 0 Å². The SMILES string of the molecule is Cl.NCC(Cl)Cl. The first kappa shape index (κ1) is 9.95. The minimum atomic E-state index is -0.394. The zero-order valence-electron chi connectivity index (χ0n) is 3.03. The zero-order valence-corrected chi connectivity index (χ0v) is 5.35. The molecular formula is C2H6Cl3N. The zero-order chi connectivity index (χ0) is 4.28. The molecule has 0 spiro atoms. The third-order valence-electron chi connectivity index (χ3n) is 0.178. The molecule has 40 valence electrons. The molecule has 0 amide bonds. The van der Waals surface area contributed by atoms with Crippen molar-refractivity contribution in [1.82, 2.24) is 0 Å². The third kappa shape index (κ3) is 8.85. The van der Waals surface area contributed by atoms with Crippen LogP contribution < -0.4 is 5.73 Å². The fraction of sp³-hybridized carbons (Fsp3) is 1.00. The molecule has 0 aromatic rings. The van der Waals surface area contributed by atoms with E-state index in [0.717, 1.165) is 0 Å². The van der Waals surface area contributed by atoms with Crippen molar-refractivity contribution in [3.05, 3.63) is 0 Å². The molecule has 0 aliphatic rings. The molecule has 0 aromatic carbocycles. The van der Waals surface area contributed by atoms with Crippen LogP contribution >= 0.6 is 35.6 Å². The van der Waals surface area contributed by atoms with Crippen molar-refractivity contribution in [1.29, 1.82) is 0 Å². The summed E-state index contributed by atoms with van der Waals surface area (Å²) in [6.07, 6.45) is 0. The number of hydrogen-bond donors (Lipinski definition) is 1. The quantitative estimate of drug-likeness (QED) is 0.558. The van der Waals surface area contributed by atoms with Crippen molar-refractivity contribution in [3.63, 3.8) is 0 Å². The molecule has 0 radical (unpaired) electrons. The highest BCUT2D eigenvalue weighted by molar-refractivity contribution is 6.44. The lowest BCUT2D eigenvalue weighted by Gasteiger charge is -1.85. The predicted octanol–water partition coefficient (Wildman–Crippen LogP) is 1.17. The van der Waals surface area contributed by atoms with Crippen LogP contribution in [0, 0.1) is 0 Å². The highest BCUT2D eigenvalue weighted by Crippen LogP contribution is 1.94. The summed E-state index contributed by atoms with van der Waals surface area (Å²) in [6, 6.07) is 0. The standard InChI is InChI=1S/C2H5Cl2N.ClH/c3-2(4)1-5;/h2H,1,5H2;1H. The van der Waals surface area contributed by atoms with Gasteiger partial charge >= 0.3 is 0 Å². The fourth-order valence-corrected chi connectivity index (χ4v) is 0. The van der Waals surface area contributed by atoms with Gasteiger partial charge in [-0.1, -0.05) is 0 Å². The second kappa shape index (κ2) is 5.83. The van der Waals surface area contributed by atoms with Gasteiger partial charge in [-0.15, -0.1) is 35.6 Å². The van der Waals surface area contributed by atoms with E-state index in [1.54, 1.807) is 0 Å². The van der Waals surface area contributed by atoms with E-state index in [1.165, 1.54) is 0 Å². The van der Waals surface area contributed by atoms with Crippen molar-refractivity contribution >= 4 is 35.6 Å². The highest BCUT2D eigenvalue weighted by Gasteiger charge is 1.86. The molecule has 1 nitrogen and oxygen atoms in total. The van der Waals surface area contributed by atoms with E-state index in [9.17, 15) is 0 Å². The third-order valence-corrected chi connectivity index (χ3v) is 0.535. The van der Waals surface area contributed by atoms with E-state index in [1.807, 2.05) is 0 Å². The summed E-state index contributed by atoms with van der Waals surface area (Å²) < 4.78 is 0. The number of halogens is 3. The maximum atomic E-state index is 5.10. The largest absolute Gasteiger partial charge is 0.328 e. The van der Waals surface area contributed by atoms with Gasteiger partial charge in [0.2, 0.25) is 0 Å². The lowest BCUT2D eigenvalue weighted by atomic mass is 10.8. The molecule has 2 N–H and O–H groups in total. The monoisotopic (exact) mass is 149 g/mol. The lowest BCUT2D eigenvalue weighted by molar-refractivity contribution is 1.09. The summed E-state index contributed by atoms with van der Waals surface area (Å²) in [4.78, 5) is -0.394. The number of hydrogen-bond acceptors (Lipinski definition) is 1. The average molecular weight is 150 g/mol. The smallest absolute Gasteiger partial charge is 0.120 e. The van der Waals surface area contributed by atoms with Crippen LogP contribution in [-0.4, -0.2) is 11.4 Å². The summed E-state index contributed by atoms with van der Waals surface area (Å²) in [6.45, 7) is 0.336. The highest BCUT2D eigenvalue weighted by atomic mass is 35.5. The topological polar surface area (TPSA) is 26.0 Å². The molecule has 0 saturated carbocycles. The van der Waals surface area contributed by atoms with E-state index in [0.29, 0.717) is 6.54 Å². The molecule has 0 aromatic heterocycles. The summed E-state index contributed by atoms with van der Waals surface area (Å²) in [5.41, 5.74) is 4.91. The van der Waals surface area contributed by atoms with Crippen molar-refractivity contribution in [2.75, 3.05) is 6.54 Å². The Labute approximate surface area is 53.2 Å². The maximum Gasteiger partial charge on any atom is 0.120 e. The number of rotatable bonds is 1. The molecule has 6 heavy (non-hydrogen) atoms. The van der Waals surface area contributed by atoms with Crippen LogP contribution in [0.15, 0.2) is 0 Å². The van der Waals surface area contributed by atoms with Gasteiger partial charge in [0.1, 0.15) is 4.84 Å². The number of alkyl halides is 2. The fourth-order valence-electron chi connectivity index (χ4n) is 0. The first-order valence-corrected chi connectivity index (χ1v) is 2.13. The molecule has 0 rings (SSSR count). The molecule has 4 heteroatoms. The van der Waals surface area contributed by atoms with Gasteiger partial charge in [0, 0.05) is 6.54 Å². The van der Waals surface area contributed by atoms with Crippen LogP contribution in [0.3, 0.4) is 0 Å². The second-order valence-electron chi connectivity index (χ2n) is 0.627. The summed E-state index contributed by atoms with van der Waals surface area (Å²) in [5, 5.41) is 0. The molecule has 0 unspecified atom stereocenters. The van der Waals surface area contributed by atoms with Crippen molar-refractivity contribution in [2.45, 2.75) is 4.84 Å². The average Bonchev–Trinajstić information content (AvgIpc) is 1.38. The van der Waals surface area contributed by atoms with Crippen molar-refractivity contribution in [2.24, 2.45) is 5.73 Å². The van der Waals surface area contributed by atoms with Gasteiger partial charge in [-0.2, -0.15) is 0 Å². The van der Waals surface area contributed by atoms with Crippen LogP contribution in [0.4, 0.5) is 0 Å². The predicted molar refractivity (Wildman–Crippen MR) is 31.8 cm³/mol. The van der Waals surface area contributed by atoms with Gasteiger partial charge in [-0.05, 0) is 0 Å². The van der Waals surface area contributed by atoms with Crippen LogP contribution in [0.2, 0.25) is 0 Å². The maximum absolute atomic E-state index is 5.10. The Kier molecular flexibility index (Phi) is 9.67. The Morgan fingerprint density at radius 3 is 1.67 bits per heavy atom. The van der Waals surface area contributed by atoms with Gasteiger partial charge in [-0.3, -0.25) is 0 Å². The normalized spacial score (nSPS) is 8.00. The molecular weight excluding hydrogens is 144 g/mol. The van der Waals surface area contributed by atoms with Crippen LogP contribution in [0.25, 0.3) is 0 Å².